The highest BCUT2D eigenvalue weighted by Gasteiger charge is 2.31. The van der Waals surface area contributed by atoms with Crippen LogP contribution in [0.4, 0.5) is 5.69 Å². The van der Waals surface area contributed by atoms with E-state index in [0.717, 1.165) is 18.5 Å². The zero-order valence-electron chi connectivity index (χ0n) is 18.5. The number of aryl methyl sites for hydroxylation is 3. The summed E-state index contributed by atoms with van der Waals surface area (Å²) >= 11 is 6.22. The number of hydrogen-bond donors (Lipinski definition) is 1. The van der Waals surface area contributed by atoms with Crippen molar-refractivity contribution in [3.05, 3.63) is 93.3 Å². The Morgan fingerprint density at radius 3 is 2.48 bits per heavy atom. The van der Waals surface area contributed by atoms with Crippen LogP contribution in [0.2, 0.25) is 5.02 Å². The highest BCUT2D eigenvalue weighted by molar-refractivity contribution is 7.89. The van der Waals surface area contributed by atoms with E-state index in [4.69, 9.17) is 22.3 Å². The lowest BCUT2D eigenvalue weighted by Crippen LogP contribution is -2.36. The Balaban J connectivity index is 1.53. The van der Waals surface area contributed by atoms with E-state index in [2.05, 4.69) is 31.2 Å². The first-order valence-electron chi connectivity index (χ1n) is 11.2. The van der Waals surface area contributed by atoms with Gasteiger partial charge in [-0.15, -0.1) is 0 Å². The lowest BCUT2D eigenvalue weighted by Gasteiger charge is -2.30. The quantitative estimate of drug-likeness (QED) is 0.524. The third kappa shape index (κ3) is 4.07. The molecule has 2 N–H and O–H groups in total. The first-order chi connectivity index (χ1) is 15.8. The van der Waals surface area contributed by atoms with Crippen molar-refractivity contribution in [1.29, 1.82) is 0 Å². The maximum absolute atomic E-state index is 13.3. The van der Waals surface area contributed by atoms with Gasteiger partial charge in [0.05, 0.1) is 10.7 Å². The second-order valence-corrected chi connectivity index (χ2v) is 11.1. The van der Waals surface area contributed by atoms with Gasteiger partial charge in [-0.05, 0) is 73.6 Å². The van der Waals surface area contributed by atoms with E-state index in [1.807, 2.05) is 12.3 Å². The van der Waals surface area contributed by atoms with Crippen molar-refractivity contribution in [3.63, 3.8) is 0 Å². The second-order valence-electron chi connectivity index (χ2n) is 8.74. The Labute approximate surface area is 200 Å². The summed E-state index contributed by atoms with van der Waals surface area (Å²) in [7, 11) is -3.69. The van der Waals surface area contributed by atoms with Crippen molar-refractivity contribution < 1.29 is 8.42 Å². The summed E-state index contributed by atoms with van der Waals surface area (Å²) in [5.74, 6) is 0. The summed E-state index contributed by atoms with van der Waals surface area (Å²) in [6.45, 7) is 2.94. The zero-order valence-corrected chi connectivity index (χ0v) is 20.1. The minimum atomic E-state index is -3.69. The molecule has 0 amide bonds. The monoisotopic (exact) mass is 479 g/mol. The Kier molecular flexibility index (Phi) is 5.77. The van der Waals surface area contributed by atoms with Crippen LogP contribution in [0.5, 0.6) is 0 Å². The lowest BCUT2D eigenvalue weighted by atomic mass is 9.88. The summed E-state index contributed by atoms with van der Waals surface area (Å²) in [6, 6.07) is 15.3. The molecule has 0 unspecified atom stereocenters. The van der Waals surface area contributed by atoms with Crippen LogP contribution in [0.1, 0.15) is 40.8 Å². The third-order valence-corrected chi connectivity index (χ3v) is 8.96. The fourth-order valence-electron chi connectivity index (χ4n) is 4.91. The van der Waals surface area contributed by atoms with Gasteiger partial charge in [0.25, 0.3) is 0 Å². The molecule has 1 aromatic heterocycles. The molecule has 3 aromatic rings. The van der Waals surface area contributed by atoms with E-state index < -0.39 is 10.0 Å². The Hall–Kier alpha value is -2.67. The fourth-order valence-corrected chi connectivity index (χ4v) is 6.87. The number of piperidine rings is 1. The predicted molar refractivity (Wildman–Crippen MR) is 133 cm³/mol. The van der Waals surface area contributed by atoms with Crippen LogP contribution in [0.25, 0.3) is 5.57 Å². The normalized spacial score (nSPS) is 16.8. The second kappa shape index (κ2) is 8.60. The summed E-state index contributed by atoms with van der Waals surface area (Å²) in [6.07, 6.45) is 5.09. The number of nitrogens with two attached hydrogens (primary N) is 1. The van der Waals surface area contributed by atoms with E-state index in [-0.39, 0.29) is 9.92 Å². The standard InChI is InChI=1S/C26H26ClN3O2S/c1-17-4-8-22-20(15-17)6-5-19-3-2-12-29-26(19)25(22)18-10-13-30(14-11-18)33(31,32)24-9-7-21(28)16-23(24)27/h2-4,7-9,12,15-16H,5-6,10-11,13-14,28H2,1H3. The molecule has 2 aliphatic rings. The first-order valence-corrected chi connectivity index (χ1v) is 13.0. The van der Waals surface area contributed by atoms with Crippen molar-refractivity contribution >= 4 is 32.9 Å². The van der Waals surface area contributed by atoms with Crippen molar-refractivity contribution in [1.82, 2.24) is 9.29 Å². The van der Waals surface area contributed by atoms with Crippen LogP contribution in [-0.4, -0.2) is 30.8 Å². The number of nitrogen functional groups attached to an aromatic ring is 1. The number of nitrogens with zero attached hydrogens (tertiary/aromatic N) is 2. The number of rotatable bonds is 2. The highest BCUT2D eigenvalue weighted by atomic mass is 35.5. The van der Waals surface area contributed by atoms with E-state index >= 15 is 0 Å². The van der Waals surface area contributed by atoms with Gasteiger partial charge < -0.3 is 5.73 Å². The summed E-state index contributed by atoms with van der Waals surface area (Å²) in [5, 5.41) is 0.158. The molecule has 7 heteroatoms. The molecule has 5 rings (SSSR count). The van der Waals surface area contributed by atoms with Gasteiger partial charge in [0.2, 0.25) is 10.0 Å². The van der Waals surface area contributed by atoms with Crippen molar-refractivity contribution in [2.45, 2.75) is 37.5 Å². The van der Waals surface area contributed by atoms with Gasteiger partial charge in [-0.2, -0.15) is 4.31 Å². The molecule has 5 nitrogen and oxygen atoms in total. The van der Waals surface area contributed by atoms with Gasteiger partial charge in [0.1, 0.15) is 4.90 Å². The number of aromatic nitrogens is 1. The van der Waals surface area contributed by atoms with E-state index in [0.29, 0.717) is 31.6 Å². The minimum Gasteiger partial charge on any atom is -0.399 e. The van der Waals surface area contributed by atoms with Crippen LogP contribution in [0.3, 0.4) is 0 Å². The van der Waals surface area contributed by atoms with Crippen LogP contribution in [0.15, 0.2) is 65.2 Å². The third-order valence-electron chi connectivity index (χ3n) is 6.58. The molecule has 0 spiro atoms. The number of sulfonamides is 1. The SMILES string of the molecule is Cc1ccc2c(c1)CCc1cccnc1C2=C1CCN(S(=O)(=O)c2ccc(N)cc2Cl)CC1. The molecule has 33 heavy (non-hydrogen) atoms. The number of anilines is 1. The summed E-state index contributed by atoms with van der Waals surface area (Å²) in [5.41, 5.74) is 14.7. The van der Waals surface area contributed by atoms with Gasteiger partial charge >= 0.3 is 0 Å². The molecule has 0 bridgehead atoms. The highest BCUT2D eigenvalue weighted by Crippen LogP contribution is 2.39. The Bertz CT molecular complexity index is 1370. The molecule has 0 saturated carbocycles. The topological polar surface area (TPSA) is 76.3 Å². The van der Waals surface area contributed by atoms with Crippen LogP contribution in [0, 0.1) is 6.92 Å². The maximum Gasteiger partial charge on any atom is 0.244 e. The van der Waals surface area contributed by atoms with E-state index in [9.17, 15) is 8.42 Å². The largest absolute Gasteiger partial charge is 0.399 e. The maximum atomic E-state index is 13.3. The minimum absolute atomic E-state index is 0.108. The van der Waals surface area contributed by atoms with Gasteiger partial charge in [0, 0.05) is 30.5 Å². The van der Waals surface area contributed by atoms with Crippen LogP contribution in [-0.2, 0) is 22.9 Å². The fraction of sp³-hybridized carbons (Fsp3) is 0.269. The van der Waals surface area contributed by atoms with Crippen LogP contribution < -0.4 is 5.73 Å². The summed E-state index contributed by atoms with van der Waals surface area (Å²) in [4.78, 5) is 4.88. The van der Waals surface area contributed by atoms with Crippen molar-refractivity contribution in [3.8, 4) is 0 Å². The van der Waals surface area contributed by atoms with Crippen molar-refractivity contribution in [2.75, 3.05) is 18.8 Å². The lowest BCUT2D eigenvalue weighted by molar-refractivity contribution is 0.387. The summed E-state index contributed by atoms with van der Waals surface area (Å²) < 4.78 is 28.1. The number of halogens is 1. The number of benzene rings is 2. The Morgan fingerprint density at radius 1 is 0.970 bits per heavy atom. The Morgan fingerprint density at radius 2 is 1.73 bits per heavy atom. The van der Waals surface area contributed by atoms with E-state index in [1.54, 1.807) is 6.07 Å². The number of pyridine rings is 1. The number of hydrogen-bond acceptors (Lipinski definition) is 4. The molecule has 1 fully saturated rings. The van der Waals surface area contributed by atoms with Gasteiger partial charge in [-0.25, -0.2) is 8.42 Å². The molecule has 1 aliphatic heterocycles. The van der Waals surface area contributed by atoms with Gasteiger partial charge in [-0.3, -0.25) is 4.98 Å². The van der Waals surface area contributed by atoms with Gasteiger partial charge in [0.15, 0.2) is 0 Å². The molecule has 1 aliphatic carbocycles. The molecular weight excluding hydrogens is 454 g/mol. The molecule has 2 aromatic carbocycles. The van der Waals surface area contributed by atoms with Gasteiger partial charge in [-0.1, -0.05) is 47.0 Å². The van der Waals surface area contributed by atoms with Crippen molar-refractivity contribution in [2.24, 2.45) is 0 Å². The molecule has 0 atom stereocenters. The first kappa shape index (κ1) is 22.1. The average molecular weight is 480 g/mol. The molecule has 1 saturated heterocycles. The predicted octanol–water partition coefficient (Wildman–Crippen LogP) is 5.01. The molecule has 0 radical (unpaired) electrons. The smallest absolute Gasteiger partial charge is 0.244 e. The molecular formula is C26H26ClN3O2S. The molecule has 2 heterocycles. The average Bonchev–Trinajstić information content (AvgIpc) is 2.95. The zero-order chi connectivity index (χ0) is 23.2. The van der Waals surface area contributed by atoms with E-state index in [1.165, 1.54) is 49.8 Å². The molecule has 170 valence electrons. The number of fused-ring (bicyclic) bond motifs is 2. The van der Waals surface area contributed by atoms with Crippen LogP contribution >= 0.6 is 11.6 Å².